The molecule has 6 rings (SSSR count). The number of oxazole rings is 1. The van der Waals surface area contributed by atoms with Gasteiger partial charge >= 0.3 is 0 Å². The van der Waals surface area contributed by atoms with Crippen LogP contribution in [0.25, 0.3) is 28.1 Å². The first-order valence-electron chi connectivity index (χ1n) is 11.3. The fourth-order valence-corrected chi connectivity index (χ4v) is 4.02. The smallest absolute Gasteiger partial charge is 0.229 e. The van der Waals surface area contributed by atoms with E-state index in [9.17, 15) is 4.39 Å². The average Bonchev–Trinajstić information content (AvgIpc) is 3.56. The van der Waals surface area contributed by atoms with E-state index < -0.39 is 0 Å². The highest BCUT2D eigenvalue weighted by atomic mass is 19.1. The predicted octanol–water partition coefficient (Wildman–Crippen LogP) is 4.06. The molecule has 1 fully saturated rings. The Labute approximate surface area is 200 Å². The van der Waals surface area contributed by atoms with Crippen LogP contribution < -0.4 is 10.2 Å². The minimum atomic E-state index is -0.330. The number of nitrogens with one attached hydrogen (secondary N) is 1. The second-order valence-corrected chi connectivity index (χ2v) is 8.08. The van der Waals surface area contributed by atoms with E-state index in [-0.39, 0.29) is 5.82 Å². The third kappa shape index (κ3) is 4.31. The molecule has 0 saturated carbocycles. The van der Waals surface area contributed by atoms with Crippen molar-refractivity contribution in [2.45, 2.75) is 6.54 Å². The number of hydrogen-bond acceptors (Lipinski definition) is 8. The van der Waals surface area contributed by atoms with Crippen LogP contribution in [0.4, 0.5) is 16.2 Å². The lowest BCUT2D eigenvalue weighted by atomic mass is 10.2. The lowest BCUT2D eigenvalue weighted by Gasteiger charge is -2.27. The fraction of sp³-hybridized carbons (Fsp3) is 0.200. The molecule has 2 aromatic carbocycles. The van der Waals surface area contributed by atoms with Crippen molar-refractivity contribution in [2.75, 3.05) is 36.5 Å². The standard InChI is InChI=1S/C25H22FN7O2/c26-18-7-4-8-19(13-18)33-16-28-22-23(30-25(31-24(22)33)32-9-11-34-12-10-32)27-14-21-29-20(15-35-21)17-5-2-1-3-6-17/h1-8,13,15-16H,9-12,14H2,(H,27,30,31). The van der Waals surface area contributed by atoms with E-state index in [1.54, 1.807) is 23.2 Å². The number of hydrogen-bond donors (Lipinski definition) is 1. The summed E-state index contributed by atoms with van der Waals surface area (Å²) in [7, 11) is 0. The van der Waals surface area contributed by atoms with Gasteiger partial charge in [0.2, 0.25) is 11.8 Å². The molecule has 35 heavy (non-hydrogen) atoms. The molecule has 1 aliphatic rings. The first kappa shape index (κ1) is 21.2. The van der Waals surface area contributed by atoms with Crippen LogP contribution >= 0.6 is 0 Å². The third-order valence-electron chi connectivity index (χ3n) is 5.79. The maximum Gasteiger partial charge on any atom is 0.229 e. The Morgan fingerprint density at radius 1 is 0.971 bits per heavy atom. The summed E-state index contributed by atoms with van der Waals surface area (Å²) in [4.78, 5) is 20.7. The van der Waals surface area contributed by atoms with Crippen molar-refractivity contribution < 1.29 is 13.5 Å². The molecule has 0 unspecified atom stereocenters. The van der Waals surface area contributed by atoms with Crippen LogP contribution in [0, 0.1) is 5.82 Å². The summed E-state index contributed by atoms with van der Waals surface area (Å²) in [6, 6.07) is 16.2. The van der Waals surface area contributed by atoms with Gasteiger partial charge in [-0.1, -0.05) is 36.4 Å². The minimum Gasteiger partial charge on any atom is -0.446 e. The van der Waals surface area contributed by atoms with Crippen LogP contribution in [-0.2, 0) is 11.3 Å². The van der Waals surface area contributed by atoms with Gasteiger partial charge in [0.05, 0.1) is 25.4 Å². The highest BCUT2D eigenvalue weighted by Gasteiger charge is 2.20. The number of aromatic nitrogens is 5. The average molecular weight is 471 g/mol. The van der Waals surface area contributed by atoms with E-state index in [0.717, 1.165) is 11.3 Å². The highest BCUT2D eigenvalue weighted by molar-refractivity contribution is 5.85. The Balaban J connectivity index is 1.35. The zero-order valence-corrected chi connectivity index (χ0v) is 18.8. The molecular formula is C25H22FN7O2. The number of anilines is 2. The lowest BCUT2D eigenvalue weighted by molar-refractivity contribution is 0.122. The Kier molecular flexibility index (Phi) is 5.55. The molecule has 0 spiro atoms. The zero-order chi connectivity index (χ0) is 23.6. The van der Waals surface area contributed by atoms with Crippen molar-refractivity contribution in [3.8, 4) is 16.9 Å². The van der Waals surface area contributed by atoms with Crippen LogP contribution in [0.1, 0.15) is 5.89 Å². The predicted molar refractivity (Wildman–Crippen MR) is 129 cm³/mol. The number of nitrogens with zero attached hydrogens (tertiary/aromatic N) is 6. The summed E-state index contributed by atoms with van der Waals surface area (Å²) in [6.07, 6.45) is 3.26. The lowest BCUT2D eigenvalue weighted by Crippen LogP contribution is -2.37. The molecule has 1 saturated heterocycles. The van der Waals surface area contributed by atoms with E-state index in [0.29, 0.717) is 67.4 Å². The van der Waals surface area contributed by atoms with Gasteiger partial charge in [-0.15, -0.1) is 0 Å². The summed E-state index contributed by atoms with van der Waals surface area (Å²) in [5, 5.41) is 3.31. The molecule has 9 nitrogen and oxygen atoms in total. The first-order chi connectivity index (χ1) is 17.2. The van der Waals surface area contributed by atoms with Gasteiger partial charge in [-0.25, -0.2) is 14.4 Å². The van der Waals surface area contributed by atoms with Crippen molar-refractivity contribution in [1.82, 2.24) is 24.5 Å². The molecule has 4 heterocycles. The largest absolute Gasteiger partial charge is 0.446 e. The molecular weight excluding hydrogens is 449 g/mol. The van der Waals surface area contributed by atoms with E-state index in [1.807, 2.05) is 36.4 Å². The second kappa shape index (κ2) is 9.15. The fourth-order valence-electron chi connectivity index (χ4n) is 4.02. The molecule has 0 radical (unpaired) electrons. The number of rotatable bonds is 6. The van der Waals surface area contributed by atoms with Crippen LogP contribution in [-0.4, -0.2) is 50.8 Å². The number of ether oxygens (including phenoxy) is 1. The topological polar surface area (TPSA) is 94.1 Å². The second-order valence-electron chi connectivity index (χ2n) is 8.08. The van der Waals surface area contributed by atoms with E-state index in [4.69, 9.17) is 19.1 Å². The van der Waals surface area contributed by atoms with E-state index in [2.05, 4.69) is 20.2 Å². The summed E-state index contributed by atoms with van der Waals surface area (Å²) < 4.78 is 26.8. The van der Waals surface area contributed by atoms with Crippen LogP contribution in [0.3, 0.4) is 0 Å². The minimum absolute atomic E-state index is 0.314. The van der Waals surface area contributed by atoms with Gasteiger partial charge in [0.1, 0.15) is 24.1 Å². The number of benzene rings is 2. The molecule has 1 N–H and O–H groups in total. The Morgan fingerprint density at radius 2 is 1.83 bits per heavy atom. The number of halogens is 1. The molecule has 176 valence electrons. The molecule has 3 aromatic heterocycles. The summed E-state index contributed by atoms with van der Waals surface area (Å²) >= 11 is 0. The number of imidazole rings is 1. The molecule has 0 amide bonds. The molecule has 0 aliphatic carbocycles. The van der Waals surface area contributed by atoms with Crippen molar-refractivity contribution >= 4 is 22.9 Å². The molecule has 0 atom stereocenters. The summed E-state index contributed by atoms with van der Waals surface area (Å²) in [5.74, 6) is 1.29. The van der Waals surface area contributed by atoms with Gasteiger partial charge in [-0.3, -0.25) is 4.57 Å². The van der Waals surface area contributed by atoms with Crippen LogP contribution in [0.5, 0.6) is 0 Å². The Morgan fingerprint density at radius 3 is 2.66 bits per heavy atom. The normalized spacial score (nSPS) is 13.9. The summed E-state index contributed by atoms with van der Waals surface area (Å²) in [5.41, 5.74) is 3.52. The van der Waals surface area contributed by atoms with Gasteiger partial charge in [0.25, 0.3) is 0 Å². The number of fused-ring (bicyclic) bond motifs is 1. The van der Waals surface area contributed by atoms with Crippen molar-refractivity contribution in [3.63, 3.8) is 0 Å². The van der Waals surface area contributed by atoms with E-state index >= 15 is 0 Å². The van der Waals surface area contributed by atoms with Crippen LogP contribution in [0.2, 0.25) is 0 Å². The molecule has 10 heteroatoms. The van der Waals surface area contributed by atoms with Gasteiger partial charge in [0, 0.05) is 18.7 Å². The van der Waals surface area contributed by atoms with Gasteiger partial charge in [-0.2, -0.15) is 9.97 Å². The SMILES string of the molecule is Fc1cccc(-n2cnc3c(NCc4nc(-c5ccccc5)co4)nc(N4CCOCC4)nc32)c1. The van der Waals surface area contributed by atoms with Gasteiger partial charge in [0.15, 0.2) is 17.0 Å². The molecule has 1 aliphatic heterocycles. The summed E-state index contributed by atoms with van der Waals surface area (Å²) in [6.45, 7) is 2.88. The molecule has 0 bridgehead atoms. The maximum absolute atomic E-state index is 13.9. The van der Waals surface area contributed by atoms with Crippen molar-refractivity contribution in [2.24, 2.45) is 0 Å². The molecule has 5 aromatic rings. The van der Waals surface area contributed by atoms with Gasteiger partial charge < -0.3 is 19.4 Å². The highest BCUT2D eigenvalue weighted by Crippen LogP contribution is 2.26. The van der Waals surface area contributed by atoms with Gasteiger partial charge in [-0.05, 0) is 18.2 Å². The maximum atomic E-state index is 13.9. The van der Waals surface area contributed by atoms with Crippen molar-refractivity contribution in [3.05, 3.63) is 78.9 Å². The zero-order valence-electron chi connectivity index (χ0n) is 18.8. The first-order valence-corrected chi connectivity index (χ1v) is 11.3. The Bertz CT molecular complexity index is 1460. The van der Waals surface area contributed by atoms with Crippen molar-refractivity contribution in [1.29, 1.82) is 0 Å². The third-order valence-corrected chi connectivity index (χ3v) is 5.79. The monoisotopic (exact) mass is 471 g/mol. The number of morpholine rings is 1. The van der Waals surface area contributed by atoms with Crippen LogP contribution in [0.15, 0.2) is 71.6 Å². The quantitative estimate of drug-likeness (QED) is 0.396. The van der Waals surface area contributed by atoms with E-state index in [1.165, 1.54) is 12.1 Å². The Hall–Kier alpha value is -4.31.